The lowest BCUT2D eigenvalue weighted by Gasteiger charge is -2.21. The Morgan fingerprint density at radius 1 is 1.17 bits per heavy atom. The summed E-state index contributed by atoms with van der Waals surface area (Å²) < 4.78 is 6.84. The number of halogens is 1. The standard InChI is InChI=1S/C23H22BrN3O3/c1-13(2)9-18(22(29)27-23(12-25)7-8-23)26-21(28)14-3-5-16-17-11-15(24)4-6-19(17)30-20(16)10-14/h3-6,10-11,13,18H,7-9H2,1-2H3,(H,26,28)(H,27,29)/t18-/m0/s1. The molecule has 1 saturated carbocycles. The van der Waals surface area contributed by atoms with Gasteiger partial charge < -0.3 is 15.1 Å². The van der Waals surface area contributed by atoms with E-state index in [1.54, 1.807) is 12.1 Å². The molecule has 154 valence electrons. The molecule has 1 atom stereocenters. The molecule has 0 spiro atoms. The minimum Gasteiger partial charge on any atom is -0.456 e. The van der Waals surface area contributed by atoms with Crippen molar-refractivity contribution in [3.05, 3.63) is 46.4 Å². The van der Waals surface area contributed by atoms with E-state index in [2.05, 4.69) is 32.6 Å². The van der Waals surface area contributed by atoms with Gasteiger partial charge in [-0.1, -0.05) is 29.8 Å². The number of nitriles is 1. The van der Waals surface area contributed by atoms with Crippen LogP contribution >= 0.6 is 15.9 Å². The summed E-state index contributed by atoms with van der Waals surface area (Å²) in [6, 6.07) is 12.5. The summed E-state index contributed by atoms with van der Waals surface area (Å²) in [5.41, 5.74) is 1.01. The van der Waals surface area contributed by atoms with Gasteiger partial charge in [0.1, 0.15) is 22.7 Å². The van der Waals surface area contributed by atoms with Crippen LogP contribution in [0.15, 0.2) is 45.3 Å². The Kier molecular flexibility index (Phi) is 5.29. The van der Waals surface area contributed by atoms with E-state index in [1.165, 1.54) is 0 Å². The van der Waals surface area contributed by atoms with E-state index >= 15 is 0 Å². The van der Waals surface area contributed by atoms with Crippen molar-refractivity contribution in [3.63, 3.8) is 0 Å². The van der Waals surface area contributed by atoms with Gasteiger partial charge in [0.15, 0.2) is 0 Å². The van der Waals surface area contributed by atoms with Gasteiger partial charge >= 0.3 is 0 Å². The number of furan rings is 1. The summed E-state index contributed by atoms with van der Waals surface area (Å²) in [6.07, 6.45) is 1.78. The number of hydrogen-bond acceptors (Lipinski definition) is 4. The minimum absolute atomic E-state index is 0.203. The van der Waals surface area contributed by atoms with Crippen molar-refractivity contribution in [3.8, 4) is 6.07 Å². The van der Waals surface area contributed by atoms with Crippen LogP contribution in [0.4, 0.5) is 0 Å². The van der Waals surface area contributed by atoms with E-state index in [0.29, 0.717) is 30.4 Å². The molecule has 2 aromatic carbocycles. The molecular formula is C23H22BrN3O3. The molecule has 2 amide bonds. The molecule has 0 unspecified atom stereocenters. The van der Waals surface area contributed by atoms with Gasteiger partial charge in [0, 0.05) is 20.8 Å². The topological polar surface area (TPSA) is 95.1 Å². The van der Waals surface area contributed by atoms with E-state index in [1.807, 2.05) is 38.1 Å². The van der Waals surface area contributed by atoms with Gasteiger partial charge in [0.2, 0.25) is 5.91 Å². The first-order valence-corrected chi connectivity index (χ1v) is 10.8. The molecule has 3 aromatic rings. The summed E-state index contributed by atoms with van der Waals surface area (Å²) in [7, 11) is 0. The minimum atomic E-state index is -0.765. The second-order valence-corrected chi connectivity index (χ2v) is 9.21. The van der Waals surface area contributed by atoms with Crippen LogP contribution in [0.1, 0.15) is 43.5 Å². The Morgan fingerprint density at radius 2 is 1.93 bits per heavy atom. The Morgan fingerprint density at radius 3 is 2.60 bits per heavy atom. The van der Waals surface area contributed by atoms with E-state index in [-0.39, 0.29) is 17.7 Å². The van der Waals surface area contributed by atoms with Crippen molar-refractivity contribution in [1.29, 1.82) is 5.26 Å². The number of amides is 2. The number of carbonyl (C=O) groups is 2. The monoisotopic (exact) mass is 467 g/mol. The Balaban J connectivity index is 1.57. The molecule has 0 saturated heterocycles. The molecule has 1 aromatic heterocycles. The van der Waals surface area contributed by atoms with Crippen LogP contribution in [0, 0.1) is 17.2 Å². The van der Waals surface area contributed by atoms with Gasteiger partial charge in [0.25, 0.3) is 5.91 Å². The SMILES string of the molecule is CC(C)C[C@H](NC(=O)c1ccc2c(c1)oc1ccc(Br)cc12)C(=O)NC1(C#N)CC1. The number of carbonyl (C=O) groups excluding carboxylic acids is 2. The number of fused-ring (bicyclic) bond motifs is 3. The highest BCUT2D eigenvalue weighted by atomic mass is 79.9. The molecule has 1 heterocycles. The Bertz CT molecular complexity index is 1190. The van der Waals surface area contributed by atoms with Crippen molar-refractivity contribution in [2.75, 3.05) is 0 Å². The highest BCUT2D eigenvalue weighted by Gasteiger charge is 2.45. The van der Waals surface area contributed by atoms with Gasteiger partial charge in [-0.2, -0.15) is 5.26 Å². The second-order valence-electron chi connectivity index (χ2n) is 8.29. The molecular weight excluding hydrogens is 446 g/mol. The Labute approximate surface area is 182 Å². The first-order valence-electron chi connectivity index (χ1n) is 9.96. The maximum atomic E-state index is 12.9. The van der Waals surface area contributed by atoms with Crippen molar-refractivity contribution in [2.24, 2.45) is 5.92 Å². The van der Waals surface area contributed by atoms with Crippen molar-refractivity contribution in [2.45, 2.75) is 44.7 Å². The average molecular weight is 468 g/mol. The fourth-order valence-corrected chi connectivity index (χ4v) is 3.91. The lowest BCUT2D eigenvalue weighted by molar-refractivity contribution is -0.123. The normalized spacial score (nSPS) is 15.7. The van der Waals surface area contributed by atoms with Crippen LogP contribution in [-0.2, 0) is 4.79 Å². The molecule has 7 heteroatoms. The maximum Gasteiger partial charge on any atom is 0.252 e. The fourth-order valence-electron chi connectivity index (χ4n) is 3.55. The van der Waals surface area contributed by atoms with Crippen molar-refractivity contribution >= 4 is 49.7 Å². The molecule has 0 aliphatic heterocycles. The van der Waals surface area contributed by atoms with Gasteiger partial charge in [0.05, 0.1) is 6.07 Å². The molecule has 1 aliphatic rings. The van der Waals surface area contributed by atoms with Gasteiger partial charge in [-0.3, -0.25) is 9.59 Å². The summed E-state index contributed by atoms with van der Waals surface area (Å²) >= 11 is 3.47. The van der Waals surface area contributed by atoms with E-state index < -0.39 is 11.6 Å². The van der Waals surface area contributed by atoms with Crippen LogP contribution < -0.4 is 10.6 Å². The Hall–Kier alpha value is -2.85. The number of nitrogens with one attached hydrogen (secondary N) is 2. The van der Waals surface area contributed by atoms with E-state index in [4.69, 9.17) is 4.42 Å². The number of benzene rings is 2. The lowest BCUT2D eigenvalue weighted by Crippen LogP contribution is -2.50. The molecule has 0 radical (unpaired) electrons. The summed E-state index contributed by atoms with van der Waals surface area (Å²) in [5, 5.41) is 16.8. The molecule has 1 aliphatic carbocycles. The number of hydrogen-bond donors (Lipinski definition) is 2. The quantitative estimate of drug-likeness (QED) is 0.550. The predicted octanol–water partition coefficient (Wildman–Crippen LogP) is 4.67. The largest absolute Gasteiger partial charge is 0.456 e. The molecule has 4 rings (SSSR count). The van der Waals surface area contributed by atoms with Gasteiger partial charge in [-0.15, -0.1) is 0 Å². The number of nitrogens with zero attached hydrogens (tertiary/aromatic N) is 1. The molecule has 0 bridgehead atoms. The van der Waals surface area contributed by atoms with Crippen molar-refractivity contribution in [1.82, 2.24) is 10.6 Å². The van der Waals surface area contributed by atoms with Gasteiger partial charge in [-0.25, -0.2) is 0 Å². The highest BCUT2D eigenvalue weighted by Crippen LogP contribution is 2.34. The third-order valence-electron chi connectivity index (χ3n) is 5.35. The molecule has 1 fully saturated rings. The van der Waals surface area contributed by atoms with Crippen LogP contribution in [0.5, 0.6) is 0 Å². The summed E-state index contributed by atoms with van der Waals surface area (Å²) in [5.74, 6) is -0.457. The van der Waals surface area contributed by atoms with Gasteiger partial charge in [-0.05, 0) is 61.6 Å². The van der Waals surface area contributed by atoms with Crippen LogP contribution in [0.3, 0.4) is 0 Å². The number of rotatable bonds is 6. The smallest absolute Gasteiger partial charge is 0.252 e. The van der Waals surface area contributed by atoms with Crippen LogP contribution in [-0.4, -0.2) is 23.4 Å². The molecule has 2 N–H and O–H groups in total. The second kappa shape index (κ2) is 7.77. The zero-order valence-corrected chi connectivity index (χ0v) is 18.4. The third-order valence-corrected chi connectivity index (χ3v) is 5.84. The van der Waals surface area contributed by atoms with Crippen molar-refractivity contribution < 1.29 is 14.0 Å². The highest BCUT2D eigenvalue weighted by molar-refractivity contribution is 9.10. The lowest BCUT2D eigenvalue weighted by atomic mass is 10.0. The predicted molar refractivity (Wildman–Crippen MR) is 118 cm³/mol. The third kappa shape index (κ3) is 4.05. The average Bonchev–Trinajstić information content (AvgIpc) is 3.39. The van der Waals surface area contributed by atoms with Crippen LogP contribution in [0.2, 0.25) is 0 Å². The zero-order chi connectivity index (χ0) is 21.5. The first kappa shape index (κ1) is 20.4. The zero-order valence-electron chi connectivity index (χ0n) is 16.8. The van der Waals surface area contributed by atoms with E-state index in [9.17, 15) is 14.9 Å². The fraction of sp³-hybridized carbons (Fsp3) is 0.348. The summed E-state index contributed by atoms with van der Waals surface area (Å²) in [4.78, 5) is 25.6. The van der Waals surface area contributed by atoms with E-state index in [0.717, 1.165) is 20.8 Å². The maximum absolute atomic E-state index is 12.9. The van der Waals surface area contributed by atoms with Crippen LogP contribution in [0.25, 0.3) is 21.9 Å². The summed E-state index contributed by atoms with van der Waals surface area (Å²) in [6.45, 7) is 3.98. The molecule has 6 nitrogen and oxygen atoms in total. The first-order chi connectivity index (χ1) is 14.3. The molecule has 30 heavy (non-hydrogen) atoms.